The van der Waals surface area contributed by atoms with Crippen LogP contribution < -0.4 is 0 Å². The zero-order valence-corrected chi connectivity index (χ0v) is 51.0. The Bertz CT molecular complexity index is 5650. The van der Waals surface area contributed by atoms with Gasteiger partial charge in [0.2, 0.25) is 0 Å². The molecule has 434 valence electrons. The number of rotatable bonds is 11. The van der Waals surface area contributed by atoms with Crippen molar-refractivity contribution in [2.75, 3.05) is 0 Å². The van der Waals surface area contributed by atoms with Gasteiger partial charge >= 0.3 is 0 Å². The van der Waals surface area contributed by atoms with Crippen LogP contribution in [0.4, 0.5) is 0 Å². The number of benzene rings is 15. The minimum absolute atomic E-state index is 0.527. The Morgan fingerprint density at radius 2 is 0.516 bits per heavy atom. The molecule has 1 aliphatic rings. The molecule has 2 heterocycles. The van der Waals surface area contributed by atoms with E-state index in [9.17, 15) is 0 Å². The van der Waals surface area contributed by atoms with Crippen molar-refractivity contribution >= 4 is 43.6 Å². The van der Waals surface area contributed by atoms with Crippen LogP contribution in [0, 0.1) is 0 Å². The third-order valence-electron chi connectivity index (χ3n) is 19.7. The number of nitrogens with zero attached hydrogens (tertiary/aromatic N) is 2. The molecule has 0 radical (unpaired) electrons. The highest BCUT2D eigenvalue weighted by atomic mass is 15.0. The van der Waals surface area contributed by atoms with Gasteiger partial charge in [0.05, 0.1) is 27.5 Å². The number of hydrogen-bond acceptors (Lipinski definition) is 0. The molecule has 18 rings (SSSR count). The van der Waals surface area contributed by atoms with E-state index < -0.39 is 5.41 Å². The Hall–Kier alpha value is -12.1. The lowest BCUT2D eigenvalue weighted by atomic mass is 9.67. The highest BCUT2D eigenvalue weighted by molar-refractivity contribution is 6.13. The van der Waals surface area contributed by atoms with Crippen LogP contribution in [-0.2, 0) is 5.41 Å². The molecule has 2 aromatic heterocycles. The van der Waals surface area contributed by atoms with E-state index in [1.165, 1.54) is 155 Å². The van der Waals surface area contributed by atoms with Crippen LogP contribution in [0.25, 0.3) is 144 Å². The summed E-state index contributed by atoms with van der Waals surface area (Å²) in [5, 5.41) is 4.96. The second-order valence-corrected chi connectivity index (χ2v) is 24.7. The van der Waals surface area contributed by atoms with Crippen LogP contribution in [-0.4, -0.2) is 9.13 Å². The van der Waals surface area contributed by atoms with Gasteiger partial charge in [-0.1, -0.05) is 297 Å². The maximum Gasteiger partial charge on any atom is 0.0713 e. The molecular weight excluding hydrogens is 1120 g/mol. The molecule has 1 aliphatic carbocycles. The molecule has 0 amide bonds. The second-order valence-electron chi connectivity index (χ2n) is 24.7. The molecule has 0 saturated carbocycles. The Kier molecular flexibility index (Phi) is 12.8. The Morgan fingerprint density at radius 3 is 1.05 bits per heavy atom. The van der Waals surface area contributed by atoms with Crippen LogP contribution >= 0.6 is 0 Å². The first-order chi connectivity index (χ1) is 46.1. The standard InChI is InChI=1S/C91H60N2/c1-3-19-61(20-4-1)70-24-18-26-76(58-70)93-88-36-16-12-32-82(88)84-60-72(50-56-90(84)93)71-49-55-89-83(59-71)81-31-11-15-35-87(81)92(89)75-53-47-65(48-54-75)64-39-37-62(38-40-64)63-41-43-66(44-42-63)69-23-17-25-74(57-69)91(85-33-13-9-29-79(85)80-30-10-14-34-86(80)91)73-51-45-68(46-52-73)78-28-8-7-27-77(78)67-21-5-2-6-22-67/h1-60H. The molecule has 0 atom stereocenters. The zero-order valence-electron chi connectivity index (χ0n) is 51.0. The van der Waals surface area contributed by atoms with Gasteiger partial charge in [0.25, 0.3) is 0 Å². The molecule has 0 fully saturated rings. The molecule has 0 unspecified atom stereocenters. The van der Waals surface area contributed by atoms with Crippen molar-refractivity contribution in [2.45, 2.75) is 5.41 Å². The summed E-state index contributed by atoms with van der Waals surface area (Å²) < 4.78 is 4.83. The van der Waals surface area contributed by atoms with E-state index in [0.29, 0.717) is 0 Å². The Balaban J connectivity index is 0.622. The van der Waals surface area contributed by atoms with Crippen molar-refractivity contribution < 1.29 is 0 Å². The third kappa shape index (κ3) is 8.94. The predicted molar refractivity (Wildman–Crippen MR) is 390 cm³/mol. The summed E-state index contributed by atoms with van der Waals surface area (Å²) >= 11 is 0. The van der Waals surface area contributed by atoms with Crippen molar-refractivity contribution in [1.29, 1.82) is 0 Å². The van der Waals surface area contributed by atoms with Crippen molar-refractivity contribution in [3.8, 4) is 100 Å². The van der Waals surface area contributed by atoms with Gasteiger partial charge in [0.15, 0.2) is 0 Å². The highest BCUT2D eigenvalue weighted by Crippen LogP contribution is 2.57. The molecule has 0 saturated heterocycles. The number of para-hydroxylation sites is 2. The molecule has 15 aromatic carbocycles. The number of fused-ring (bicyclic) bond motifs is 9. The average molecular weight is 1180 g/mol. The van der Waals surface area contributed by atoms with Crippen molar-refractivity contribution in [3.05, 3.63) is 386 Å². The lowest BCUT2D eigenvalue weighted by Gasteiger charge is -2.34. The first-order valence-electron chi connectivity index (χ1n) is 32.2. The maximum absolute atomic E-state index is 2.43. The first-order valence-corrected chi connectivity index (χ1v) is 32.2. The third-order valence-corrected chi connectivity index (χ3v) is 19.7. The lowest BCUT2D eigenvalue weighted by molar-refractivity contribution is 0.769. The fourth-order valence-corrected chi connectivity index (χ4v) is 15.3. The van der Waals surface area contributed by atoms with Gasteiger partial charge in [0.1, 0.15) is 0 Å². The minimum atomic E-state index is -0.527. The van der Waals surface area contributed by atoms with E-state index in [0.717, 1.165) is 11.4 Å². The molecular formula is C91H60N2. The molecule has 0 N–H and O–H groups in total. The van der Waals surface area contributed by atoms with E-state index in [1.54, 1.807) is 0 Å². The largest absolute Gasteiger partial charge is 0.309 e. The number of hydrogen-bond donors (Lipinski definition) is 0. The first kappa shape index (κ1) is 53.9. The fourth-order valence-electron chi connectivity index (χ4n) is 15.3. The molecule has 2 heteroatoms. The predicted octanol–water partition coefficient (Wildman–Crippen LogP) is 23.9. The molecule has 17 aromatic rings. The van der Waals surface area contributed by atoms with E-state index in [4.69, 9.17) is 0 Å². The summed E-state index contributed by atoms with van der Waals surface area (Å²) in [7, 11) is 0. The van der Waals surface area contributed by atoms with Crippen LogP contribution in [0.1, 0.15) is 22.3 Å². The summed E-state index contributed by atoms with van der Waals surface area (Å²) in [4.78, 5) is 0. The smallest absolute Gasteiger partial charge is 0.0713 e. The van der Waals surface area contributed by atoms with Gasteiger partial charge in [-0.3, -0.25) is 0 Å². The van der Waals surface area contributed by atoms with Crippen LogP contribution in [0.15, 0.2) is 364 Å². The van der Waals surface area contributed by atoms with Crippen molar-refractivity contribution in [3.63, 3.8) is 0 Å². The Labute approximate surface area is 541 Å². The van der Waals surface area contributed by atoms with Crippen LogP contribution in [0.2, 0.25) is 0 Å². The van der Waals surface area contributed by atoms with E-state index in [-0.39, 0.29) is 0 Å². The van der Waals surface area contributed by atoms with Gasteiger partial charge in [-0.05, 0) is 178 Å². The van der Waals surface area contributed by atoms with E-state index >= 15 is 0 Å². The molecule has 0 spiro atoms. The summed E-state index contributed by atoms with van der Waals surface area (Å²) in [5.74, 6) is 0. The van der Waals surface area contributed by atoms with Crippen molar-refractivity contribution in [2.24, 2.45) is 0 Å². The summed E-state index contributed by atoms with van der Waals surface area (Å²) in [6.45, 7) is 0. The van der Waals surface area contributed by atoms with E-state index in [2.05, 4.69) is 373 Å². The maximum atomic E-state index is 2.43. The van der Waals surface area contributed by atoms with Crippen molar-refractivity contribution in [1.82, 2.24) is 9.13 Å². The molecule has 93 heavy (non-hydrogen) atoms. The zero-order chi connectivity index (χ0) is 61.4. The van der Waals surface area contributed by atoms with Gasteiger partial charge in [0, 0.05) is 32.9 Å². The summed E-state index contributed by atoms with van der Waals surface area (Å²) in [5.41, 5.74) is 31.0. The summed E-state index contributed by atoms with van der Waals surface area (Å²) in [6.07, 6.45) is 0. The molecule has 0 aliphatic heterocycles. The quantitative estimate of drug-likeness (QED) is 0.122. The fraction of sp³-hybridized carbons (Fsp3) is 0.0110. The monoisotopic (exact) mass is 1180 g/mol. The summed E-state index contributed by atoms with van der Waals surface area (Å²) in [6, 6.07) is 134. The second kappa shape index (κ2) is 22.1. The van der Waals surface area contributed by atoms with E-state index in [1.807, 2.05) is 0 Å². The highest BCUT2D eigenvalue weighted by Gasteiger charge is 2.46. The topological polar surface area (TPSA) is 9.86 Å². The average Bonchev–Trinajstić information content (AvgIpc) is 1.56. The molecule has 2 nitrogen and oxygen atoms in total. The van der Waals surface area contributed by atoms with Gasteiger partial charge in [-0.2, -0.15) is 0 Å². The number of aromatic nitrogens is 2. The van der Waals surface area contributed by atoms with Crippen LogP contribution in [0.3, 0.4) is 0 Å². The minimum Gasteiger partial charge on any atom is -0.309 e. The Morgan fingerprint density at radius 1 is 0.172 bits per heavy atom. The SMILES string of the molecule is c1ccc(-c2cccc(-n3c4ccccc4c4cc(-c5ccc6c(c5)c5ccccc5n6-c5ccc(-c6ccc(-c7ccc(-c8cccc(C9(c%10ccc(-c%11ccccc%11-c%11ccccc%11)cc%10)c%10ccccc%10-c%10ccccc%109)c8)cc7)cc6)cc5)ccc43)c2)cc1. The van der Waals surface area contributed by atoms with Gasteiger partial charge in [-0.25, -0.2) is 0 Å². The van der Waals surface area contributed by atoms with Gasteiger partial charge in [-0.15, -0.1) is 0 Å². The van der Waals surface area contributed by atoms with Crippen LogP contribution in [0.5, 0.6) is 0 Å². The van der Waals surface area contributed by atoms with Gasteiger partial charge < -0.3 is 9.13 Å². The normalized spacial score (nSPS) is 12.4. The lowest BCUT2D eigenvalue weighted by Crippen LogP contribution is -2.28. The molecule has 0 bridgehead atoms.